The first-order chi connectivity index (χ1) is 10.6. The minimum atomic E-state index is 0.623. The summed E-state index contributed by atoms with van der Waals surface area (Å²) in [5.41, 5.74) is 0. The zero-order chi connectivity index (χ0) is 16.6. The first-order valence-corrected chi connectivity index (χ1v) is 12.0. The van der Waals surface area contributed by atoms with Crippen LogP contribution in [-0.2, 0) is 10.9 Å². The monoisotopic (exact) mass is 329 g/mol. The molecule has 0 rings (SSSR count). The SMILES string of the molecule is CCCCCCCCC(C)[S+](C)C(C)CCCCCCCC. The van der Waals surface area contributed by atoms with Gasteiger partial charge in [-0.1, -0.05) is 78.1 Å². The van der Waals surface area contributed by atoms with Crippen molar-refractivity contribution in [2.45, 2.75) is 128 Å². The van der Waals surface area contributed by atoms with Crippen LogP contribution in [-0.4, -0.2) is 16.8 Å². The first-order valence-electron chi connectivity index (χ1n) is 10.3. The summed E-state index contributed by atoms with van der Waals surface area (Å²) in [5.74, 6) is 0. The van der Waals surface area contributed by atoms with E-state index in [0.717, 1.165) is 10.5 Å². The van der Waals surface area contributed by atoms with Crippen molar-refractivity contribution in [1.29, 1.82) is 0 Å². The molecule has 2 unspecified atom stereocenters. The van der Waals surface area contributed by atoms with Gasteiger partial charge in [0.2, 0.25) is 0 Å². The highest BCUT2D eigenvalue weighted by atomic mass is 32.2. The van der Waals surface area contributed by atoms with Gasteiger partial charge in [-0.2, -0.15) is 0 Å². The van der Waals surface area contributed by atoms with E-state index in [2.05, 4.69) is 34.0 Å². The lowest BCUT2D eigenvalue weighted by Gasteiger charge is -2.18. The second-order valence-electron chi connectivity index (χ2n) is 7.34. The van der Waals surface area contributed by atoms with E-state index >= 15 is 0 Å². The summed E-state index contributed by atoms with van der Waals surface area (Å²) in [5, 5.41) is 1.89. The molecule has 0 heterocycles. The van der Waals surface area contributed by atoms with Crippen molar-refractivity contribution in [3.05, 3.63) is 0 Å². The van der Waals surface area contributed by atoms with Crippen LogP contribution < -0.4 is 0 Å². The van der Waals surface area contributed by atoms with E-state index in [1.165, 1.54) is 89.9 Å². The predicted molar refractivity (Wildman–Crippen MR) is 108 cm³/mol. The zero-order valence-corrected chi connectivity index (χ0v) is 17.3. The number of hydrogen-bond acceptors (Lipinski definition) is 0. The summed E-state index contributed by atoms with van der Waals surface area (Å²) in [6, 6.07) is 0. The molecule has 0 amide bonds. The molecule has 0 N–H and O–H groups in total. The van der Waals surface area contributed by atoms with Gasteiger partial charge >= 0.3 is 0 Å². The molecular weight excluding hydrogens is 284 g/mol. The Hall–Kier alpha value is 0.350. The van der Waals surface area contributed by atoms with Gasteiger partial charge in [0.1, 0.15) is 10.5 Å². The molecule has 2 atom stereocenters. The molecule has 1 heteroatoms. The lowest BCUT2D eigenvalue weighted by Crippen LogP contribution is -2.27. The highest BCUT2D eigenvalue weighted by Crippen LogP contribution is 2.21. The molecule has 0 aliphatic carbocycles. The predicted octanol–water partition coefficient (Wildman–Crippen LogP) is 7.51. The molecule has 0 aromatic rings. The largest absolute Gasteiger partial charge is 0.115 e. The van der Waals surface area contributed by atoms with E-state index in [9.17, 15) is 0 Å². The van der Waals surface area contributed by atoms with Gasteiger partial charge in [0, 0.05) is 0 Å². The van der Waals surface area contributed by atoms with Crippen molar-refractivity contribution in [2.75, 3.05) is 6.26 Å². The molecule has 0 aromatic carbocycles. The number of hydrogen-bond donors (Lipinski definition) is 0. The van der Waals surface area contributed by atoms with E-state index in [1.807, 2.05) is 0 Å². The van der Waals surface area contributed by atoms with Crippen molar-refractivity contribution in [2.24, 2.45) is 0 Å². The third-order valence-electron chi connectivity index (χ3n) is 5.20. The van der Waals surface area contributed by atoms with E-state index < -0.39 is 0 Å². The molecule has 0 aromatic heterocycles. The van der Waals surface area contributed by atoms with Gasteiger partial charge in [0.15, 0.2) is 0 Å². The quantitative estimate of drug-likeness (QED) is 0.203. The van der Waals surface area contributed by atoms with Crippen molar-refractivity contribution in [3.8, 4) is 0 Å². The van der Waals surface area contributed by atoms with Gasteiger partial charge in [-0.25, -0.2) is 0 Å². The molecule has 134 valence electrons. The van der Waals surface area contributed by atoms with Crippen LogP contribution in [0.2, 0.25) is 0 Å². The summed E-state index contributed by atoms with van der Waals surface area (Å²) in [6.45, 7) is 9.62. The van der Waals surface area contributed by atoms with Gasteiger partial charge in [-0.05, 0) is 50.4 Å². The summed E-state index contributed by atoms with van der Waals surface area (Å²) in [6.07, 6.45) is 22.8. The highest BCUT2D eigenvalue weighted by Gasteiger charge is 2.26. The van der Waals surface area contributed by atoms with E-state index in [-0.39, 0.29) is 0 Å². The van der Waals surface area contributed by atoms with E-state index in [1.54, 1.807) is 0 Å². The topological polar surface area (TPSA) is 0 Å². The van der Waals surface area contributed by atoms with Crippen LogP contribution in [0.4, 0.5) is 0 Å². The Labute approximate surface area is 145 Å². The third-order valence-corrected chi connectivity index (χ3v) is 8.21. The molecule has 0 saturated carbocycles. The van der Waals surface area contributed by atoms with Crippen molar-refractivity contribution in [3.63, 3.8) is 0 Å². The zero-order valence-electron chi connectivity index (χ0n) is 16.5. The molecule has 0 radical (unpaired) electrons. The smallest absolute Gasteiger partial charge is 0.0654 e. The highest BCUT2D eigenvalue weighted by molar-refractivity contribution is 7.97. The lowest BCUT2D eigenvalue weighted by molar-refractivity contribution is 0.580. The molecule has 0 fully saturated rings. The minimum absolute atomic E-state index is 0.623. The summed E-state index contributed by atoms with van der Waals surface area (Å²) >= 11 is 0. The van der Waals surface area contributed by atoms with Crippen LogP contribution in [0.1, 0.15) is 118 Å². The summed E-state index contributed by atoms with van der Waals surface area (Å²) in [4.78, 5) is 0. The fraction of sp³-hybridized carbons (Fsp3) is 1.00. The number of unbranched alkanes of at least 4 members (excludes halogenated alkanes) is 10. The van der Waals surface area contributed by atoms with Crippen LogP contribution in [0, 0.1) is 0 Å². The maximum absolute atomic E-state index is 2.53. The third kappa shape index (κ3) is 12.9. The van der Waals surface area contributed by atoms with Crippen LogP contribution >= 0.6 is 0 Å². The van der Waals surface area contributed by atoms with E-state index in [0.29, 0.717) is 10.9 Å². The fourth-order valence-electron chi connectivity index (χ4n) is 3.19. The maximum Gasteiger partial charge on any atom is 0.115 e. The molecule has 0 spiro atoms. The lowest BCUT2D eigenvalue weighted by atomic mass is 10.1. The van der Waals surface area contributed by atoms with Gasteiger partial charge < -0.3 is 0 Å². The Morgan fingerprint density at radius 1 is 0.545 bits per heavy atom. The minimum Gasteiger partial charge on any atom is -0.0654 e. The van der Waals surface area contributed by atoms with Crippen molar-refractivity contribution >= 4 is 10.9 Å². The van der Waals surface area contributed by atoms with Gasteiger partial charge in [-0.3, -0.25) is 0 Å². The molecule has 0 saturated heterocycles. The van der Waals surface area contributed by atoms with Gasteiger partial charge in [0.25, 0.3) is 0 Å². The summed E-state index contributed by atoms with van der Waals surface area (Å²) in [7, 11) is 0.623. The standard InChI is InChI=1S/C21H45S/c1-6-8-10-12-14-16-18-20(3)22(5)21(4)19-17-15-13-11-9-7-2/h20-21H,6-19H2,1-5H3/q+1. The van der Waals surface area contributed by atoms with Gasteiger partial charge in [0.05, 0.1) is 6.26 Å². The van der Waals surface area contributed by atoms with Crippen LogP contribution in [0.3, 0.4) is 0 Å². The molecular formula is C21H45S+. The van der Waals surface area contributed by atoms with Crippen molar-refractivity contribution in [1.82, 2.24) is 0 Å². The average molecular weight is 330 g/mol. The number of rotatable bonds is 16. The second kappa shape index (κ2) is 16.2. The van der Waals surface area contributed by atoms with E-state index in [4.69, 9.17) is 0 Å². The Kier molecular flexibility index (Phi) is 16.5. The fourth-order valence-corrected chi connectivity index (χ4v) is 5.06. The molecule has 22 heavy (non-hydrogen) atoms. The van der Waals surface area contributed by atoms with Gasteiger partial charge in [-0.15, -0.1) is 0 Å². The second-order valence-corrected chi connectivity index (χ2v) is 10.2. The average Bonchev–Trinajstić information content (AvgIpc) is 2.52. The van der Waals surface area contributed by atoms with Crippen LogP contribution in [0.25, 0.3) is 0 Å². The normalized spacial score (nSPS) is 15.7. The molecule has 0 bridgehead atoms. The maximum atomic E-state index is 2.53. The Balaban J connectivity index is 3.58. The van der Waals surface area contributed by atoms with Crippen LogP contribution in [0.15, 0.2) is 0 Å². The first kappa shape index (κ1) is 22.4. The summed E-state index contributed by atoms with van der Waals surface area (Å²) < 4.78 is 0. The van der Waals surface area contributed by atoms with Crippen molar-refractivity contribution < 1.29 is 0 Å². The Morgan fingerprint density at radius 3 is 1.23 bits per heavy atom. The Bertz CT molecular complexity index is 192. The Morgan fingerprint density at radius 2 is 0.864 bits per heavy atom. The molecule has 0 nitrogen and oxygen atoms in total. The van der Waals surface area contributed by atoms with Crippen LogP contribution in [0.5, 0.6) is 0 Å². The molecule has 0 aliphatic heterocycles. The molecule has 0 aliphatic rings.